The van der Waals surface area contributed by atoms with Crippen LogP contribution in [0.1, 0.15) is 17.2 Å². The molecule has 0 fully saturated rings. The standard InChI is InChI=1S/C13H21BrN2S/c1-10-4-5-11(12(14)8-10)13(9-15)16(2)6-7-17-3/h4-5,8,13H,6-7,9,15H2,1-3H3. The number of hydrogen-bond donors (Lipinski definition) is 1. The summed E-state index contributed by atoms with van der Waals surface area (Å²) in [7, 11) is 2.14. The molecule has 0 aliphatic carbocycles. The van der Waals surface area contributed by atoms with Crippen LogP contribution in [0.2, 0.25) is 0 Å². The first-order valence-corrected chi connectivity index (χ1v) is 7.94. The lowest BCUT2D eigenvalue weighted by Crippen LogP contribution is -2.32. The summed E-state index contributed by atoms with van der Waals surface area (Å²) in [4.78, 5) is 2.33. The average molecular weight is 317 g/mol. The highest BCUT2D eigenvalue weighted by atomic mass is 79.9. The molecule has 0 bridgehead atoms. The van der Waals surface area contributed by atoms with Crippen LogP contribution in [0.5, 0.6) is 0 Å². The van der Waals surface area contributed by atoms with E-state index in [4.69, 9.17) is 5.73 Å². The molecule has 17 heavy (non-hydrogen) atoms. The van der Waals surface area contributed by atoms with Gasteiger partial charge >= 0.3 is 0 Å². The van der Waals surface area contributed by atoms with Crippen molar-refractivity contribution in [3.63, 3.8) is 0 Å². The van der Waals surface area contributed by atoms with Gasteiger partial charge in [0.1, 0.15) is 0 Å². The van der Waals surface area contributed by atoms with Crippen molar-refractivity contribution in [1.82, 2.24) is 4.90 Å². The predicted octanol–water partition coefficient (Wildman–Crippen LogP) is 3.05. The maximum absolute atomic E-state index is 5.92. The number of nitrogens with two attached hydrogens (primary N) is 1. The summed E-state index contributed by atoms with van der Waals surface area (Å²) in [6.45, 7) is 3.80. The summed E-state index contributed by atoms with van der Waals surface area (Å²) >= 11 is 5.50. The van der Waals surface area contributed by atoms with Crippen molar-refractivity contribution in [3.8, 4) is 0 Å². The first-order chi connectivity index (χ1) is 8.10. The fourth-order valence-corrected chi connectivity index (χ4v) is 3.07. The summed E-state index contributed by atoms with van der Waals surface area (Å²) in [5.74, 6) is 1.14. The minimum Gasteiger partial charge on any atom is -0.329 e. The molecular weight excluding hydrogens is 296 g/mol. The molecule has 1 unspecified atom stereocenters. The third-order valence-corrected chi connectivity index (χ3v) is 4.20. The van der Waals surface area contributed by atoms with Crippen LogP contribution in [0.3, 0.4) is 0 Å². The molecular formula is C13H21BrN2S. The van der Waals surface area contributed by atoms with E-state index in [0.717, 1.165) is 16.8 Å². The van der Waals surface area contributed by atoms with E-state index >= 15 is 0 Å². The maximum atomic E-state index is 5.92. The zero-order valence-corrected chi connectivity index (χ0v) is 13.1. The Morgan fingerprint density at radius 3 is 2.71 bits per heavy atom. The monoisotopic (exact) mass is 316 g/mol. The summed E-state index contributed by atoms with van der Waals surface area (Å²) in [5.41, 5.74) is 8.46. The van der Waals surface area contributed by atoms with Crippen molar-refractivity contribution in [2.45, 2.75) is 13.0 Å². The number of hydrogen-bond acceptors (Lipinski definition) is 3. The predicted molar refractivity (Wildman–Crippen MR) is 81.7 cm³/mol. The molecule has 2 nitrogen and oxygen atoms in total. The lowest BCUT2D eigenvalue weighted by atomic mass is 10.0. The SMILES string of the molecule is CSCCN(C)C(CN)c1ccc(C)cc1Br. The fraction of sp³-hybridized carbons (Fsp3) is 0.538. The number of likely N-dealkylation sites (N-methyl/N-ethyl adjacent to an activating group) is 1. The maximum Gasteiger partial charge on any atom is 0.0478 e. The van der Waals surface area contributed by atoms with E-state index in [2.05, 4.69) is 59.3 Å². The van der Waals surface area contributed by atoms with E-state index < -0.39 is 0 Å². The van der Waals surface area contributed by atoms with Gasteiger partial charge in [-0.25, -0.2) is 0 Å². The second-order valence-electron chi connectivity index (χ2n) is 4.25. The van der Waals surface area contributed by atoms with Crippen LogP contribution in [0, 0.1) is 6.92 Å². The van der Waals surface area contributed by atoms with Gasteiger partial charge in [0.05, 0.1) is 0 Å². The largest absolute Gasteiger partial charge is 0.329 e. The summed E-state index contributed by atoms with van der Waals surface area (Å²) < 4.78 is 1.16. The highest BCUT2D eigenvalue weighted by molar-refractivity contribution is 9.10. The number of halogens is 1. The molecule has 96 valence electrons. The Balaban J connectivity index is 2.85. The number of nitrogens with zero attached hydrogens (tertiary/aromatic N) is 1. The molecule has 0 aliphatic rings. The smallest absolute Gasteiger partial charge is 0.0478 e. The van der Waals surface area contributed by atoms with Gasteiger partial charge in [-0.1, -0.05) is 28.1 Å². The first kappa shape index (κ1) is 15.0. The normalized spacial score (nSPS) is 13.1. The van der Waals surface area contributed by atoms with E-state index in [1.54, 1.807) is 0 Å². The van der Waals surface area contributed by atoms with E-state index in [1.165, 1.54) is 11.1 Å². The average Bonchev–Trinajstić information content (AvgIpc) is 2.30. The van der Waals surface area contributed by atoms with Crippen LogP contribution >= 0.6 is 27.7 Å². The quantitative estimate of drug-likeness (QED) is 0.874. The van der Waals surface area contributed by atoms with Gasteiger partial charge in [-0.3, -0.25) is 4.90 Å². The van der Waals surface area contributed by atoms with Gasteiger partial charge in [-0.05, 0) is 37.4 Å². The van der Waals surface area contributed by atoms with Gasteiger partial charge < -0.3 is 5.73 Å². The van der Waals surface area contributed by atoms with Crippen molar-refractivity contribution in [1.29, 1.82) is 0 Å². The van der Waals surface area contributed by atoms with Crippen molar-refractivity contribution >= 4 is 27.7 Å². The van der Waals surface area contributed by atoms with Crippen LogP contribution in [-0.4, -0.2) is 37.0 Å². The molecule has 0 saturated heterocycles. The molecule has 0 aromatic heterocycles. The Morgan fingerprint density at radius 2 is 2.18 bits per heavy atom. The Labute approximate surface area is 117 Å². The van der Waals surface area contributed by atoms with Crippen LogP contribution in [0.25, 0.3) is 0 Å². The molecule has 1 rings (SSSR count). The zero-order chi connectivity index (χ0) is 12.8. The summed E-state index contributed by atoms with van der Waals surface area (Å²) in [6.07, 6.45) is 2.13. The van der Waals surface area contributed by atoms with Crippen LogP contribution < -0.4 is 5.73 Å². The topological polar surface area (TPSA) is 29.3 Å². The minimum absolute atomic E-state index is 0.289. The molecule has 0 aliphatic heterocycles. The van der Waals surface area contributed by atoms with Crippen molar-refractivity contribution in [2.24, 2.45) is 5.73 Å². The van der Waals surface area contributed by atoms with Gasteiger partial charge in [-0.15, -0.1) is 0 Å². The second kappa shape index (κ2) is 7.41. The number of aryl methyl sites for hydroxylation is 1. The number of rotatable bonds is 6. The van der Waals surface area contributed by atoms with Crippen LogP contribution in [-0.2, 0) is 0 Å². The Kier molecular flexibility index (Phi) is 6.55. The third kappa shape index (κ3) is 4.28. The second-order valence-corrected chi connectivity index (χ2v) is 6.09. The molecule has 0 radical (unpaired) electrons. The Bertz CT molecular complexity index is 357. The number of benzene rings is 1. The molecule has 0 spiro atoms. The van der Waals surface area contributed by atoms with Gasteiger partial charge in [0.25, 0.3) is 0 Å². The molecule has 0 heterocycles. The van der Waals surface area contributed by atoms with Crippen molar-refractivity contribution in [2.75, 3.05) is 32.1 Å². The van der Waals surface area contributed by atoms with E-state index in [9.17, 15) is 0 Å². The van der Waals surface area contributed by atoms with E-state index in [0.29, 0.717) is 6.54 Å². The lowest BCUT2D eigenvalue weighted by molar-refractivity contribution is 0.265. The van der Waals surface area contributed by atoms with Crippen LogP contribution in [0.15, 0.2) is 22.7 Å². The number of thioether (sulfide) groups is 1. The lowest BCUT2D eigenvalue weighted by Gasteiger charge is -2.28. The summed E-state index contributed by atoms with van der Waals surface area (Å²) in [5, 5.41) is 0. The zero-order valence-electron chi connectivity index (χ0n) is 10.7. The highest BCUT2D eigenvalue weighted by Crippen LogP contribution is 2.27. The molecule has 4 heteroatoms. The van der Waals surface area contributed by atoms with Gasteiger partial charge in [0.2, 0.25) is 0 Å². The molecule has 1 atom stereocenters. The van der Waals surface area contributed by atoms with Crippen molar-refractivity contribution < 1.29 is 0 Å². The van der Waals surface area contributed by atoms with Gasteiger partial charge in [0.15, 0.2) is 0 Å². The van der Waals surface area contributed by atoms with Crippen LogP contribution in [0.4, 0.5) is 0 Å². The molecule has 0 amide bonds. The highest BCUT2D eigenvalue weighted by Gasteiger charge is 2.17. The fourth-order valence-electron chi connectivity index (χ4n) is 1.84. The van der Waals surface area contributed by atoms with Gasteiger partial charge in [0, 0.05) is 29.4 Å². The van der Waals surface area contributed by atoms with Crippen molar-refractivity contribution in [3.05, 3.63) is 33.8 Å². The Morgan fingerprint density at radius 1 is 1.47 bits per heavy atom. The minimum atomic E-state index is 0.289. The molecule has 1 aromatic carbocycles. The molecule has 1 aromatic rings. The van der Waals surface area contributed by atoms with E-state index in [-0.39, 0.29) is 6.04 Å². The Hall–Kier alpha value is -0.0300. The molecule has 2 N–H and O–H groups in total. The summed E-state index contributed by atoms with van der Waals surface area (Å²) in [6, 6.07) is 6.76. The van der Waals surface area contributed by atoms with E-state index in [1.807, 2.05) is 11.8 Å². The first-order valence-electron chi connectivity index (χ1n) is 5.75. The molecule has 0 saturated carbocycles. The third-order valence-electron chi connectivity index (χ3n) is 2.92. The van der Waals surface area contributed by atoms with Gasteiger partial charge in [-0.2, -0.15) is 11.8 Å².